The van der Waals surface area contributed by atoms with Crippen LogP contribution >= 0.6 is 23.4 Å². The van der Waals surface area contributed by atoms with Gasteiger partial charge in [-0.25, -0.2) is 4.79 Å². The maximum Gasteiger partial charge on any atom is 0.328 e. The number of carboxylic acids is 1. The summed E-state index contributed by atoms with van der Waals surface area (Å²) in [6.45, 7) is 2.15. The number of aliphatic carboxylic acids is 1. The van der Waals surface area contributed by atoms with Gasteiger partial charge in [0.15, 0.2) is 0 Å². The lowest BCUT2D eigenvalue weighted by Crippen LogP contribution is -2.29. The van der Waals surface area contributed by atoms with Crippen LogP contribution in [-0.4, -0.2) is 36.2 Å². The van der Waals surface area contributed by atoms with Crippen LogP contribution in [0.3, 0.4) is 0 Å². The van der Waals surface area contributed by atoms with Crippen molar-refractivity contribution in [1.82, 2.24) is 0 Å². The number of rotatable bonds is 7. The van der Waals surface area contributed by atoms with E-state index in [4.69, 9.17) is 16.7 Å². The molecule has 20 heavy (non-hydrogen) atoms. The number of hydrogen-bond donors (Lipinski definition) is 1. The summed E-state index contributed by atoms with van der Waals surface area (Å²) in [6, 6.07) is 5.85. The highest BCUT2D eigenvalue weighted by Crippen LogP contribution is 2.27. The van der Waals surface area contributed by atoms with Gasteiger partial charge in [0.1, 0.15) is 0 Å². The number of carbonyl (C=O) groups is 1. The minimum Gasteiger partial charge on any atom is -0.478 e. The standard InChI is InChI=1S/C15H20ClNO2S/c1-11(8-9-20-3)17(2)14-10-13(16)6-4-12(14)5-7-15(18)19/h4-7,10-11H,8-9H2,1-3H3,(H,18,19)/b7-5+. The van der Waals surface area contributed by atoms with Crippen LogP contribution in [-0.2, 0) is 4.79 Å². The molecule has 0 heterocycles. The van der Waals surface area contributed by atoms with Gasteiger partial charge in [-0.3, -0.25) is 0 Å². The number of carboxylic acid groups (broad SMARTS) is 1. The van der Waals surface area contributed by atoms with E-state index in [0.29, 0.717) is 11.1 Å². The van der Waals surface area contributed by atoms with Gasteiger partial charge in [-0.1, -0.05) is 17.7 Å². The van der Waals surface area contributed by atoms with E-state index in [1.54, 1.807) is 12.1 Å². The van der Waals surface area contributed by atoms with Crippen molar-refractivity contribution in [2.24, 2.45) is 0 Å². The van der Waals surface area contributed by atoms with Crippen molar-refractivity contribution >= 4 is 41.1 Å². The molecule has 5 heteroatoms. The molecule has 0 aliphatic rings. The highest BCUT2D eigenvalue weighted by molar-refractivity contribution is 7.98. The van der Waals surface area contributed by atoms with E-state index < -0.39 is 5.97 Å². The van der Waals surface area contributed by atoms with Gasteiger partial charge in [0.2, 0.25) is 0 Å². The number of nitrogens with zero attached hydrogens (tertiary/aromatic N) is 1. The van der Waals surface area contributed by atoms with E-state index in [1.807, 2.05) is 30.9 Å². The molecular weight excluding hydrogens is 294 g/mol. The first kappa shape index (κ1) is 16.9. The van der Waals surface area contributed by atoms with Gasteiger partial charge in [-0.2, -0.15) is 11.8 Å². The van der Waals surface area contributed by atoms with Gasteiger partial charge in [-0.05, 0) is 49.1 Å². The molecule has 1 aromatic rings. The van der Waals surface area contributed by atoms with Gasteiger partial charge >= 0.3 is 5.97 Å². The Morgan fingerprint density at radius 1 is 1.55 bits per heavy atom. The first-order valence-corrected chi connectivity index (χ1v) is 8.15. The Hall–Kier alpha value is -1.13. The monoisotopic (exact) mass is 313 g/mol. The van der Waals surface area contributed by atoms with E-state index in [0.717, 1.165) is 29.5 Å². The fourth-order valence-electron chi connectivity index (χ4n) is 1.84. The molecule has 0 spiro atoms. The van der Waals surface area contributed by atoms with Crippen LogP contribution in [0.4, 0.5) is 5.69 Å². The van der Waals surface area contributed by atoms with Crippen molar-refractivity contribution in [2.45, 2.75) is 19.4 Å². The van der Waals surface area contributed by atoms with Crippen LogP contribution < -0.4 is 4.90 Å². The number of hydrogen-bond acceptors (Lipinski definition) is 3. The molecule has 1 atom stereocenters. The summed E-state index contributed by atoms with van der Waals surface area (Å²) in [5.74, 6) is 0.135. The van der Waals surface area contributed by atoms with E-state index in [1.165, 1.54) is 0 Å². The van der Waals surface area contributed by atoms with E-state index in [-0.39, 0.29) is 0 Å². The molecule has 1 N–H and O–H groups in total. The lowest BCUT2D eigenvalue weighted by molar-refractivity contribution is -0.131. The predicted molar refractivity (Wildman–Crippen MR) is 89.0 cm³/mol. The van der Waals surface area contributed by atoms with Crippen molar-refractivity contribution in [3.63, 3.8) is 0 Å². The Labute approximate surface area is 129 Å². The summed E-state index contributed by atoms with van der Waals surface area (Å²) in [5, 5.41) is 9.40. The molecule has 110 valence electrons. The molecule has 0 aliphatic heterocycles. The molecule has 3 nitrogen and oxygen atoms in total. The minimum atomic E-state index is -0.955. The number of thioether (sulfide) groups is 1. The molecule has 0 amide bonds. The molecule has 0 aromatic heterocycles. The summed E-state index contributed by atoms with van der Waals surface area (Å²) in [7, 11) is 2.01. The summed E-state index contributed by atoms with van der Waals surface area (Å²) in [6.07, 6.45) is 5.90. The third-order valence-corrected chi connectivity index (χ3v) is 4.06. The van der Waals surface area contributed by atoms with Crippen LogP contribution in [0.2, 0.25) is 5.02 Å². The van der Waals surface area contributed by atoms with Crippen LogP contribution in [0.5, 0.6) is 0 Å². The third kappa shape index (κ3) is 5.10. The Morgan fingerprint density at radius 2 is 2.25 bits per heavy atom. The van der Waals surface area contributed by atoms with Crippen molar-refractivity contribution in [2.75, 3.05) is 24.0 Å². The van der Waals surface area contributed by atoms with Crippen LogP contribution in [0.25, 0.3) is 6.08 Å². The molecule has 0 radical (unpaired) electrons. The largest absolute Gasteiger partial charge is 0.478 e. The van der Waals surface area contributed by atoms with Crippen LogP contribution in [0.15, 0.2) is 24.3 Å². The summed E-state index contributed by atoms with van der Waals surface area (Å²) < 4.78 is 0. The second-order valence-corrected chi connectivity index (χ2v) is 6.04. The summed E-state index contributed by atoms with van der Waals surface area (Å²) in [4.78, 5) is 12.8. The molecule has 0 saturated carbocycles. The van der Waals surface area contributed by atoms with Crippen molar-refractivity contribution in [1.29, 1.82) is 0 Å². The number of halogens is 1. The Bertz CT molecular complexity index is 491. The smallest absolute Gasteiger partial charge is 0.328 e. The van der Waals surface area contributed by atoms with Gasteiger partial charge in [0.05, 0.1) is 0 Å². The first-order chi connectivity index (χ1) is 9.45. The minimum absolute atomic E-state index is 0.359. The molecule has 1 aromatic carbocycles. The molecule has 1 unspecified atom stereocenters. The quantitative estimate of drug-likeness (QED) is 0.772. The van der Waals surface area contributed by atoms with Crippen LogP contribution in [0, 0.1) is 0 Å². The number of benzene rings is 1. The van der Waals surface area contributed by atoms with E-state index >= 15 is 0 Å². The zero-order valence-electron chi connectivity index (χ0n) is 12.0. The predicted octanol–water partition coefficient (Wildman–Crippen LogP) is 4.02. The Kier molecular flexibility index (Phi) is 6.96. The fourth-order valence-corrected chi connectivity index (χ4v) is 2.59. The van der Waals surface area contributed by atoms with Crippen molar-refractivity contribution in [3.8, 4) is 0 Å². The average molecular weight is 314 g/mol. The molecule has 1 rings (SSSR count). The third-order valence-electron chi connectivity index (χ3n) is 3.18. The van der Waals surface area contributed by atoms with Crippen LogP contribution in [0.1, 0.15) is 18.9 Å². The zero-order chi connectivity index (χ0) is 15.1. The SMILES string of the molecule is CSCCC(C)N(C)c1cc(Cl)ccc1/C=C/C(=O)O. The maximum atomic E-state index is 10.7. The van der Waals surface area contributed by atoms with Gasteiger partial charge in [0.25, 0.3) is 0 Å². The average Bonchev–Trinajstić information content (AvgIpc) is 2.42. The molecule has 0 fully saturated rings. The highest BCUT2D eigenvalue weighted by atomic mass is 35.5. The van der Waals surface area contributed by atoms with Crippen molar-refractivity contribution in [3.05, 3.63) is 34.9 Å². The Balaban J connectivity index is 3.01. The van der Waals surface area contributed by atoms with Gasteiger partial charge in [0, 0.05) is 29.9 Å². The van der Waals surface area contributed by atoms with Gasteiger partial charge < -0.3 is 10.0 Å². The molecular formula is C15H20ClNO2S. The molecule has 0 bridgehead atoms. The summed E-state index contributed by atoms with van der Waals surface area (Å²) in [5.41, 5.74) is 1.80. The molecule has 0 aliphatic carbocycles. The topological polar surface area (TPSA) is 40.5 Å². The lowest BCUT2D eigenvalue weighted by atomic mass is 10.1. The molecule has 0 saturated heterocycles. The summed E-state index contributed by atoms with van der Waals surface area (Å²) >= 11 is 7.88. The van der Waals surface area contributed by atoms with Gasteiger partial charge in [-0.15, -0.1) is 0 Å². The fraction of sp³-hybridized carbons (Fsp3) is 0.400. The van der Waals surface area contributed by atoms with Crippen molar-refractivity contribution < 1.29 is 9.90 Å². The second kappa shape index (κ2) is 8.22. The maximum absolute atomic E-state index is 10.7. The van der Waals surface area contributed by atoms with E-state index in [9.17, 15) is 4.79 Å². The normalized spacial score (nSPS) is 12.6. The zero-order valence-corrected chi connectivity index (χ0v) is 13.5. The second-order valence-electron chi connectivity index (χ2n) is 4.62. The first-order valence-electron chi connectivity index (χ1n) is 6.38. The number of anilines is 1. The Morgan fingerprint density at radius 3 is 2.85 bits per heavy atom. The van der Waals surface area contributed by atoms with E-state index in [2.05, 4.69) is 18.1 Å². The lowest BCUT2D eigenvalue weighted by Gasteiger charge is -2.28. The highest BCUT2D eigenvalue weighted by Gasteiger charge is 2.13.